The fourth-order valence-corrected chi connectivity index (χ4v) is 2.43. The van der Waals surface area contributed by atoms with Gasteiger partial charge in [-0.15, -0.1) is 5.10 Å². The molecule has 1 aromatic heterocycles. The summed E-state index contributed by atoms with van der Waals surface area (Å²) >= 11 is 5.82. The Morgan fingerprint density at radius 1 is 1.07 bits per heavy atom. The Kier molecular flexibility index (Phi) is 6.20. The van der Waals surface area contributed by atoms with Gasteiger partial charge in [-0.3, -0.25) is 20.4 Å². The highest BCUT2D eigenvalue weighted by atomic mass is 35.5. The van der Waals surface area contributed by atoms with Crippen molar-refractivity contribution in [2.24, 2.45) is 0 Å². The van der Waals surface area contributed by atoms with Crippen LogP contribution in [0.2, 0.25) is 5.02 Å². The predicted molar refractivity (Wildman–Crippen MR) is 103 cm³/mol. The maximum absolute atomic E-state index is 12.2. The number of hydrogen-bond acceptors (Lipinski definition) is 6. The second-order valence-electron chi connectivity index (χ2n) is 5.86. The summed E-state index contributed by atoms with van der Waals surface area (Å²) in [5.41, 5.74) is 5.29. The standard InChI is InChI=1S/C19H16ClN5O4/c1-12(17(26)22-23-18(27)13-6-5-7-14(20)10-13)29-19(28)16-11-21-25(24-16)15-8-3-2-4-9-15/h2-12H,1H3,(H,22,26)(H,23,27)/t12-/m1/s1. The van der Waals surface area contributed by atoms with Crippen LogP contribution in [0.4, 0.5) is 0 Å². The highest BCUT2D eigenvalue weighted by Gasteiger charge is 2.22. The van der Waals surface area contributed by atoms with E-state index >= 15 is 0 Å². The van der Waals surface area contributed by atoms with Crippen LogP contribution in [-0.4, -0.2) is 38.9 Å². The molecule has 1 atom stereocenters. The van der Waals surface area contributed by atoms with Gasteiger partial charge in [-0.2, -0.15) is 9.90 Å². The van der Waals surface area contributed by atoms with E-state index in [1.54, 1.807) is 36.4 Å². The Hall–Kier alpha value is -3.72. The number of esters is 1. The molecule has 0 aliphatic rings. The van der Waals surface area contributed by atoms with Gasteiger partial charge >= 0.3 is 5.97 Å². The highest BCUT2D eigenvalue weighted by Crippen LogP contribution is 2.10. The van der Waals surface area contributed by atoms with E-state index in [1.807, 2.05) is 6.07 Å². The number of halogens is 1. The van der Waals surface area contributed by atoms with E-state index in [1.165, 1.54) is 30.0 Å². The van der Waals surface area contributed by atoms with E-state index in [9.17, 15) is 14.4 Å². The molecule has 0 aliphatic carbocycles. The van der Waals surface area contributed by atoms with Crippen molar-refractivity contribution in [2.75, 3.05) is 0 Å². The van der Waals surface area contributed by atoms with E-state index < -0.39 is 23.9 Å². The van der Waals surface area contributed by atoms with Crippen LogP contribution in [0, 0.1) is 0 Å². The molecule has 2 amide bonds. The molecule has 2 N–H and O–H groups in total. The van der Waals surface area contributed by atoms with Gasteiger partial charge in [0.15, 0.2) is 11.8 Å². The Labute approximate surface area is 170 Å². The predicted octanol–water partition coefficient (Wildman–Crippen LogP) is 1.93. The quantitative estimate of drug-likeness (QED) is 0.487. The first kappa shape index (κ1) is 20.0. The van der Waals surface area contributed by atoms with Gasteiger partial charge in [0.2, 0.25) is 0 Å². The van der Waals surface area contributed by atoms with Gasteiger partial charge in [0.1, 0.15) is 0 Å². The average Bonchev–Trinajstić information content (AvgIpc) is 3.23. The van der Waals surface area contributed by atoms with Gasteiger partial charge in [0, 0.05) is 10.6 Å². The summed E-state index contributed by atoms with van der Waals surface area (Å²) in [5, 5.41) is 8.41. The molecule has 3 aromatic rings. The van der Waals surface area contributed by atoms with Gasteiger partial charge in [0.25, 0.3) is 11.8 Å². The van der Waals surface area contributed by atoms with Crippen LogP contribution in [0.3, 0.4) is 0 Å². The molecule has 0 saturated heterocycles. The summed E-state index contributed by atoms with van der Waals surface area (Å²) in [6, 6.07) is 15.2. The minimum absolute atomic E-state index is 0.0588. The van der Waals surface area contributed by atoms with Crippen molar-refractivity contribution in [1.82, 2.24) is 25.8 Å². The Morgan fingerprint density at radius 2 is 1.83 bits per heavy atom. The zero-order valence-corrected chi connectivity index (χ0v) is 16.0. The lowest BCUT2D eigenvalue weighted by Gasteiger charge is -2.13. The lowest BCUT2D eigenvalue weighted by Crippen LogP contribution is -2.46. The summed E-state index contributed by atoms with van der Waals surface area (Å²) in [7, 11) is 0. The van der Waals surface area contributed by atoms with E-state index in [4.69, 9.17) is 16.3 Å². The third-order valence-corrected chi connectivity index (χ3v) is 3.96. The van der Waals surface area contributed by atoms with Crippen LogP contribution in [0.1, 0.15) is 27.8 Å². The number of ether oxygens (including phenoxy) is 1. The summed E-state index contributed by atoms with van der Waals surface area (Å²) in [6.45, 7) is 1.36. The number of carbonyl (C=O) groups is 3. The van der Waals surface area contributed by atoms with E-state index in [0.29, 0.717) is 10.7 Å². The largest absolute Gasteiger partial charge is 0.448 e. The third kappa shape index (κ3) is 5.17. The van der Waals surface area contributed by atoms with Crippen molar-refractivity contribution in [3.8, 4) is 5.69 Å². The lowest BCUT2D eigenvalue weighted by atomic mass is 10.2. The maximum Gasteiger partial charge on any atom is 0.361 e. The van der Waals surface area contributed by atoms with Gasteiger partial charge in [-0.25, -0.2) is 4.79 Å². The molecule has 0 radical (unpaired) electrons. The SMILES string of the molecule is C[C@@H](OC(=O)c1cnn(-c2ccccc2)n1)C(=O)NNC(=O)c1cccc(Cl)c1. The number of carbonyl (C=O) groups excluding carboxylic acids is 3. The van der Waals surface area contributed by atoms with E-state index in [0.717, 1.165) is 0 Å². The van der Waals surface area contributed by atoms with Crippen LogP contribution in [0.25, 0.3) is 5.69 Å². The molecule has 0 saturated carbocycles. The molecule has 148 valence electrons. The third-order valence-electron chi connectivity index (χ3n) is 3.73. The number of nitrogens with zero attached hydrogens (tertiary/aromatic N) is 3. The van der Waals surface area contributed by atoms with Crippen LogP contribution in [0.5, 0.6) is 0 Å². The van der Waals surface area contributed by atoms with Crippen LogP contribution in [0.15, 0.2) is 60.8 Å². The fourth-order valence-electron chi connectivity index (χ4n) is 2.24. The number of benzene rings is 2. The van der Waals surface area contributed by atoms with Gasteiger partial charge in [0.05, 0.1) is 11.9 Å². The number of rotatable bonds is 5. The molecule has 0 bridgehead atoms. The highest BCUT2D eigenvalue weighted by molar-refractivity contribution is 6.30. The number of para-hydroxylation sites is 1. The first-order chi connectivity index (χ1) is 13.9. The zero-order valence-electron chi connectivity index (χ0n) is 15.2. The molecular formula is C19H16ClN5O4. The Morgan fingerprint density at radius 3 is 2.55 bits per heavy atom. The van der Waals surface area contributed by atoms with Crippen molar-refractivity contribution in [3.05, 3.63) is 77.1 Å². The van der Waals surface area contributed by atoms with Crippen molar-refractivity contribution >= 4 is 29.4 Å². The number of hydrazine groups is 1. The minimum atomic E-state index is -1.18. The first-order valence-corrected chi connectivity index (χ1v) is 8.86. The molecule has 3 rings (SSSR count). The summed E-state index contributed by atoms with van der Waals surface area (Å²) in [5.74, 6) is -2.11. The van der Waals surface area contributed by atoms with Crippen molar-refractivity contribution in [3.63, 3.8) is 0 Å². The second-order valence-corrected chi connectivity index (χ2v) is 6.29. The topological polar surface area (TPSA) is 115 Å². The van der Waals surface area contributed by atoms with Gasteiger partial charge < -0.3 is 4.74 Å². The first-order valence-electron chi connectivity index (χ1n) is 8.48. The number of amides is 2. The van der Waals surface area contributed by atoms with E-state index in [-0.39, 0.29) is 11.3 Å². The molecule has 10 heteroatoms. The minimum Gasteiger partial charge on any atom is -0.448 e. The van der Waals surface area contributed by atoms with Crippen LogP contribution < -0.4 is 10.9 Å². The molecule has 0 unspecified atom stereocenters. The van der Waals surface area contributed by atoms with Crippen LogP contribution >= 0.6 is 11.6 Å². The van der Waals surface area contributed by atoms with Gasteiger partial charge in [-0.1, -0.05) is 35.9 Å². The van der Waals surface area contributed by atoms with Crippen molar-refractivity contribution in [2.45, 2.75) is 13.0 Å². The number of nitrogens with one attached hydrogen (secondary N) is 2. The molecule has 0 fully saturated rings. The molecule has 1 heterocycles. The van der Waals surface area contributed by atoms with Crippen molar-refractivity contribution in [1.29, 1.82) is 0 Å². The summed E-state index contributed by atoms with van der Waals surface area (Å²) in [4.78, 5) is 37.5. The molecule has 0 spiro atoms. The molecule has 29 heavy (non-hydrogen) atoms. The number of aromatic nitrogens is 3. The molecule has 2 aromatic carbocycles. The van der Waals surface area contributed by atoms with Crippen molar-refractivity contribution < 1.29 is 19.1 Å². The second kappa shape index (κ2) is 8.98. The van der Waals surface area contributed by atoms with Gasteiger partial charge in [-0.05, 0) is 37.3 Å². The zero-order chi connectivity index (χ0) is 20.8. The summed E-state index contributed by atoms with van der Waals surface area (Å²) in [6.07, 6.45) is 0.0602. The molecule has 9 nitrogen and oxygen atoms in total. The van der Waals surface area contributed by atoms with Crippen LogP contribution in [-0.2, 0) is 9.53 Å². The summed E-state index contributed by atoms with van der Waals surface area (Å²) < 4.78 is 5.07. The average molecular weight is 414 g/mol. The smallest absolute Gasteiger partial charge is 0.361 e. The monoisotopic (exact) mass is 413 g/mol. The fraction of sp³-hybridized carbons (Fsp3) is 0.105. The maximum atomic E-state index is 12.2. The molecular weight excluding hydrogens is 398 g/mol. The normalized spacial score (nSPS) is 11.4. The number of hydrogen-bond donors (Lipinski definition) is 2. The lowest BCUT2D eigenvalue weighted by molar-refractivity contribution is -0.129. The Bertz CT molecular complexity index is 1040. The Balaban J connectivity index is 1.53. The molecule has 0 aliphatic heterocycles. The van der Waals surface area contributed by atoms with E-state index in [2.05, 4.69) is 21.0 Å².